The number of carbonyl (C=O) groups excluding carboxylic acids is 1. The Bertz CT molecular complexity index is 1010. The lowest BCUT2D eigenvalue weighted by atomic mass is 10.2. The summed E-state index contributed by atoms with van der Waals surface area (Å²) in [6.07, 6.45) is 3.18. The fourth-order valence-electron chi connectivity index (χ4n) is 2.76. The first-order valence-corrected chi connectivity index (χ1v) is 9.01. The van der Waals surface area contributed by atoms with E-state index in [2.05, 4.69) is 36.1 Å². The van der Waals surface area contributed by atoms with Crippen LogP contribution in [0.5, 0.6) is 0 Å². The molecule has 6 nitrogen and oxygen atoms in total. The SMILES string of the molecule is Cc1cc(/C=N/NC(=O)c2nn(C)cc2Cl)c(C)n1-c1cccc(Br)c1. The Morgan fingerprint density at radius 3 is 2.77 bits per heavy atom. The number of nitrogens with zero attached hydrogens (tertiary/aromatic N) is 4. The molecule has 3 aromatic rings. The van der Waals surface area contributed by atoms with E-state index < -0.39 is 5.91 Å². The second-order valence-electron chi connectivity index (χ2n) is 5.84. The summed E-state index contributed by atoms with van der Waals surface area (Å²) in [5.74, 6) is -0.451. The van der Waals surface area contributed by atoms with Crippen molar-refractivity contribution in [2.75, 3.05) is 0 Å². The summed E-state index contributed by atoms with van der Waals surface area (Å²) < 4.78 is 4.62. The van der Waals surface area contributed by atoms with Gasteiger partial charge in [-0.3, -0.25) is 9.48 Å². The van der Waals surface area contributed by atoms with E-state index in [1.807, 2.05) is 44.2 Å². The fraction of sp³-hybridized carbons (Fsp3) is 0.167. The molecule has 0 aliphatic heterocycles. The molecule has 26 heavy (non-hydrogen) atoms. The number of aromatic nitrogens is 3. The minimum absolute atomic E-state index is 0.144. The molecule has 0 bridgehead atoms. The van der Waals surface area contributed by atoms with Crippen molar-refractivity contribution in [3.63, 3.8) is 0 Å². The van der Waals surface area contributed by atoms with Crippen LogP contribution in [-0.2, 0) is 7.05 Å². The highest BCUT2D eigenvalue weighted by atomic mass is 79.9. The molecule has 2 aromatic heterocycles. The van der Waals surface area contributed by atoms with E-state index in [1.54, 1.807) is 19.5 Å². The quantitative estimate of drug-likeness (QED) is 0.498. The summed E-state index contributed by atoms with van der Waals surface area (Å²) in [6, 6.07) is 10.1. The van der Waals surface area contributed by atoms with Gasteiger partial charge in [-0.1, -0.05) is 33.6 Å². The van der Waals surface area contributed by atoms with Gasteiger partial charge in [-0.15, -0.1) is 0 Å². The maximum absolute atomic E-state index is 12.1. The first kappa shape index (κ1) is 18.4. The molecule has 1 N–H and O–H groups in total. The number of amides is 1. The van der Waals surface area contributed by atoms with Gasteiger partial charge in [-0.05, 0) is 38.1 Å². The van der Waals surface area contributed by atoms with Crippen molar-refractivity contribution in [1.29, 1.82) is 0 Å². The van der Waals surface area contributed by atoms with Gasteiger partial charge in [0.15, 0.2) is 5.69 Å². The summed E-state index contributed by atoms with van der Waals surface area (Å²) in [5.41, 5.74) is 6.66. The molecule has 1 aromatic carbocycles. The molecule has 0 fully saturated rings. The van der Waals surface area contributed by atoms with Crippen LogP contribution >= 0.6 is 27.5 Å². The minimum Gasteiger partial charge on any atom is -0.318 e. The first-order chi connectivity index (χ1) is 12.4. The van der Waals surface area contributed by atoms with Crippen LogP contribution in [0.3, 0.4) is 0 Å². The molecule has 2 heterocycles. The van der Waals surface area contributed by atoms with Crippen LogP contribution in [0.2, 0.25) is 5.02 Å². The highest BCUT2D eigenvalue weighted by molar-refractivity contribution is 9.10. The van der Waals surface area contributed by atoms with Gasteiger partial charge in [0.1, 0.15) is 0 Å². The molecular formula is C18H17BrClN5O. The molecule has 3 rings (SSSR count). The van der Waals surface area contributed by atoms with Crippen molar-refractivity contribution in [2.24, 2.45) is 12.1 Å². The van der Waals surface area contributed by atoms with Crippen LogP contribution < -0.4 is 5.43 Å². The van der Waals surface area contributed by atoms with Crippen molar-refractivity contribution in [3.8, 4) is 5.69 Å². The number of carbonyl (C=O) groups is 1. The Morgan fingerprint density at radius 2 is 2.12 bits per heavy atom. The van der Waals surface area contributed by atoms with Gasteiger partial charge in [0.2, 0.25) is 0 Å². The van der Waals surface area contributed by atoms with Gasteiger partial charge in [-0.25, -0.2) is 5.43 Å². The molecule has 0 saturated carbocycles. The van der Waals surface area contributed by atoms with Crippen LogP contribution in [0.4, 0.5) is 0 Å². The predicted octanol–water partition coefficient (Wildman–Crippen LogP) is 4.01. The maximum atomic E-state index is 12.1. The lowest BCUT2D eigenvalue weighted by molar-refractivity contribution is 0.0949. The van der Waals surface area contributed by atoms with Gasteiger partial charge in [0.25, 0.3) is 5.91 Å². The normalized spacial score (nSPS) is 11.3. The number of halogens is 2. The number of nitrogens with one attached hydrogen (secondary N) is 1. The number of aryl methyl sites for hydroxylation is 2. The van der Waals surface area contributed by atoms with E-state index in [9.17, 15) is 4.79 Å². The molecule has 0 aliphatic carbocycles. The molecule has 0 radical (unpaired) electrons. The molecule has 0 saturated heterocycles. The van der Waals surface area contributed by atoms with E-state index in [0.717, 1.165) is 27.1 Å². The lowest BCUT2D eigenvalue weighted by Gasteiger charge is -2.09. The Kier molecular flexibility index (Phi) is 5.29. The Hall–Kier alpha value is -2.38. The topological polar surface area (TPSA) is 64.2 Å². The van der Waals surface area contributed by atoms with E-state index in [4.69, 9.17) is 11.6 Å². The van der Waals surface area contributed by atoms with Crippen molar-refractivity contribution >= 4 is 39.7 Å². The van der Waals surface area contributed by atoms with E-state index in [1.165, 1.54) is 4.68 Å². The maximum Gasteiger partial charge on any atom is 0.293 e. The molecule has 0 spiro atoms. The van der Waals surface area contributed by atoms with Gasteiger partial charge in [0.05, 0.1) is 11.2 Å². The monoisotopic (exact) mass is 433 g/mol. The van der Waals surface area contributed by atoms with E-state index >= 15 is 0 Å². The number of hydrazone groups is 1. The van der Waals surface area contributed by atoms with Gasteiger partial charge >= 0.3 is 0 Å². The highest BCUT2D eigenvalue weighted by Gasteiger charge is 2.14. The van der Waals surface area contributed by atoms with Crippen LogP contribution in [-0.4, -0.2) is 26.5 Å². The summed E-state index contributed by atoms with van der Waals surface area (Å²) >= 11 is 9.46. The van der Waals surface area contributed by atoms with Crippen LogP contribution in [0, 0.1) is 13.8 Å². The van der Waals surface area contributed by atoms with Gasteiger partial charge < -0.3 is 4.57 Å². The van der Waals surface area contributed by atoms with Gasteiger partial charge in [-0.2, -0.15) is 10.2 Å². The largest absolute Gasteiger partial charge is 0.318 e. The zero-order chi connectivity index (χ0) is 18.8. The van der Waals surface area contributed by atoms with E-state index in [0.29, 0.717) is 0 Å². The third-order valence-corrected chi connectivity index (χ3v) is 4.68. The van der Waals surface area contributed by atoms with Crippen molar-refractivity contribution in [2.45, 2.75) is 13.8 Å². The average molecular weight is 435 g/mol. The van der Waals surface area contributed by atoms with Gasteiger partial charge in [0, 0.05) is 40.4 Å². The lowest BCUT2D eigenvalue weighted by Crippen LogP contribution is -2.19. The first-order valence-electron chi connectivity index (χ1n) is 7.84. The summed E-state index contributed by atoms with van der Waals surface area (Å²) in [4.78, 5) is 12.1. The van der Waals surface area contributed by atoms with Crippen LogP contribution in [0.1, 0.15) is 27.4 Å². The molecule has 8 heteroatoms. The highest BCUT2D eigenvalue weighted by Crippen LogP contribution is 2.22. The van der Waals surface area contributed by atoms with Crippen molar-refractivity contribution in [1.82, 2.24) is 19.8 Å². The summed E-state index contributed by atoms with van der Waals surface area (Å²) in [6.45, 7) is 4.03. The van der Waals surface area contributed by atoms with E-state index in [-0.39, 0.29) is 10.7 Å². The molecule has 1 amide bonds. The summed E-state index contributed by atoms with van der Waals surface area (Å²) in [5, 5.41) is 8.33. The second kappa shape index (κ2) is 7.47. The Morgan fingerprint density at radius 1 is 1.35 bits per heavy atom. The number of hydrogen-bond donors (Lipinski definition) is 1. The molecule has 134 valence electrons. The number of benzene rings is 1. The summed E-state index contributed by atoms with van der Waals surface area (Å²) in [7, 11) is 1.70. The second-order valence-corrected chi connectivity index (χ2v) is 7.16. The zero-order valence-corrected chi connectivity index (χ0v) is 16.8. The fourth-order valence-corrected chi connectivity index (χ4v) is 3.41. The van der Waals surface area contributed by atoms with Crippen molar-refractivity contribution < 1.29 is 4.79 Å². The molecule has 0 atom stereocenters. The molecular weight excluding hydrogens is 418 g/mol. The smallest absolute Gasteiger partial charge is 0.293 e. The minimum atomic E-state index is -0.451. The Balaban J connectivity index is 1.80. The van der Waals surface area contributed by atoms with Crippen LogP contribution in [0.25, 0.3) is 5.69 Å². The van der Waals surface area contributed by atoms with Crippen LogP contribution in [0.15, 0.2) is 46.1 Å². The third-order valence-electron chi connectivity index (χ3n) is 3.91. The standard InChI is InChI=1S/C18H17BrClN5O/c1-11-7-13(12(2)25(11)15-6-4-5-14(19)8-15)9-21-22-18(26)17-16(20)10-24(3)23-17/h4-10H,1-3H3,(H,22,26)/b21-9+. The number of hydrogen-bond acceptors (Lipinski definition) is 3. The predicted molar refractivity (Wildman–Crippen MR) is 106 cm³/mol. The molecule has 0 unspecified atom stereocenters. The van der Waals surface area contributed by atoms with Crippen molar-refractivity contribution in [3.05, 3.63) is 68.7 Å². The zero-order valence-electron chi connectivity index (χ0n) is 14.5. The third kappa shape index (κ3) is 3.73. The Labute approximate surface area is 164 Å². The number of rotatable bonds is 4. The average Bonchev–Trinajstić information content (AvgIpc) is 3.06. The molecule has 0 aliphatic rings.